The summed E-state index contributed by atoms with van der Waals surface area (Å²) in [5.41, 5.74) is 0. The molecule has 2 amide bonds. The third-order valence-electron chi connectivity index (χ3n) is 2.61. The Morgan fingerprint density at radius 1 is 1.36 bits per heavy atom. The van der Waals surface area contributed by atoms with E-state index in [1.807, 2.05) is 6.54 Å². The minimum absolute atomic E-state index is 0.0367. The van der Waals surface area contributed by atoms with Crippen LogP contribution < -0.4 is 10.6 Å². The summed E-state index contributed by atoms with van der Waals surface area (Å²) in [6.07, 6.45) is 8.12. The van der Waals surface area contributed by atoms with Crippen molar-refractivity contribution in [2.24, 2.45) is 0 Å². The zero-order chi connectivity index (χ0) is 10.2. The summed E-state index contributed by atoms with van der Waals surface area (Å²) in [6, 6.07) is 0.365. The van der Waals surface area contributed by atoms with Gasteiger partial charge in [0.1, 0.15) is 0 Å². The van der Waals surface area contributed by atoms with Crippen molar-refractivity contribution < 1.29 is 4.79 Å². The van der Waals surface area contributed by atoms with Crippen LogP contribution in [0.1, 0.15) is 51.9 Å². The molecule has 14 heavy (non-hydrogen) atoms. The molecule has 3 nitrogen and oxygen atoms in total. The molecule has 1 fully saturated rings. The summed E-state index contributed by atoms with van der Waals surface area (Å²) in [7, 11) is 0. The van der Waals surface area contributed by atoms with E-state index in [1.54, 1.807) is 0 Å². The van der Waals surface area contributed by atoms with Crippen LogP contribution in [-0.4, -0.2) is 12.1 Å². The van der Waals surface area contributed by atoms with E-state index in [1.165, 1.54) is 19.3 Å². The summed E-state index contributed by atoms with van der Waals surface area (Å²) < 4.78 is 0. The average molecular weight is 197 g/mol. The van der Waals surface area contributed by atoms with Crippen LogP contribution in [-0.2, 0) is 0 Å². The van der Waals surface area contributed by atoms with Crippen LogP contribution in [0.3, 0.4) is 0 Å². The lowest BCUT2D eigenvalue weighted by Gasteiger charge is -2.22. The Balaban J connectivity index is 2.06. The largest absolute Gasteiger partial charge is 0.335 e. The standard InChI is InChI=1S/C11H21N2O/c1-2-3-9-12-11(14)13-10-7-5-4-6-8-10/h9-10H,2-8H2,1H3,(H2,12,13,14). The highest BCUT2D eigenvalue weighted by Gasteiger charge is 2.14. The van der Waals surface area contributed by atoms with Crippen molar-refractivity contribution in [3.8, 4) is 0 Å². The monoisotopic (exact) mass is 197 g/mol. The second-order valence-electron chi connectivity index (χ2n) is 3.95. The van der Waals surface area contributed by atoms with Crippen molar-refractivity contribution in [3.05, 3.63) is 6.54 Å². The Morgan fingerprint density at radius 3 is 2.71 bits per heavy atom. The molecule has 0 bridgehead atoms. The molecule has 0 unspecified atom stereocenters. The second-order valence-corrected chi connectivity index (χ2v) is 3.95. The molecule has 0 aromatic carbocycles. The number of nitrogens with one attached hydrogen (secondary N) is 2. The summed E-state index contributed by atoms with van der Waals surface area (Å²) in [5, 5.41) is 5.75. The molecule has 2 N–H and O–H groups in total. The molecular weight excluding hydrogens is 176 g/mol. The number of amides is 2. The highest BCUT2D eigenvalue weighted by molar-refractivity contribution is 5.74. The molecule has 0 heterocycles. The van der Waals surface area contributed by atoms with E-state index >= 15 is 0 Å². The van der Waals surface area contributed by atoms with Crippen LogP contribution in [0.15, 0.2) is 0 Å². The lowest BCUT2D eigenvalue weighted by atomic mass is 9.96. The molecule has 1 radical (unpaired) electrons. The van der Waals surface area contributed by atoms with Gasteiger partial charge in [-0.1, -0.05) is 32.6 Å². The lowest BCUT2D eigenvalue weighted by Crippen LogP contribution is -2.41. The first-order valence-corrected chi connectivity index (χ1v) is 5.71. The summed E-state index contributed by atoms with van der Waals surface area (Å²) in [5.74, 6) is 0. The molecule has 0 aliphatic heterocycles. The van der Waals surface area contributed by atoms with E-state index in [2.05, 4.69) is 17.6 Å². The molecule has 0 atom stereocenters. The second kappa shape index (κ2) is 6.68. The van der Waals surface area contributed by atoms with Crippen molar-refractivity contribution in [2.45, 2.75) is 57.9 Å². The van der Waals surface area contributed by atoms with Crippen LogP contribution in [0.2, 0.25) is 0 Å². The number of unbranched alkanes of at least 4 members (excludes halogenated alkanes) is 1. The van der Waals surface area contributed by atoms with Crippen LogP contribution in [0, 0.1) is 6.54 Å². The highest BCUT2D eigenvalue weighted by atomic mass is 16.2. The number of hydrogen-bond donors (Lipinski definition) is 2. The molecule has 0 saturated heterocycles. The predicted molar refractivity (Wildman–Crippen MR) is 57.7 cm³/mol. The van der Waals surface area contributed by atoms with Crippen molar-refractivity contribution >= 4 is 6.03 Å². The van der Waals surface area contributed by atoms with Crippen LogP contribution in [0.4, 0.5) is 4.79 Å². The number of hydrogen-bond acceptors (Lipinski definition) is 1. The van der Waals surface area contributed by atoms with Gasteiger partial charge in [-0.3, -0.25) is 0 Å². The minimum atomic E-state index is -0.0367. The lowest BCUT2D eigenvalue weighted by molar-refractivity contribution is 0.234. The number of carbonyl (C=O) groups excluding carboxylic acids is 1. The maximum Gasteiger partial charge on any atom is 0.315 e. The van der Waals surface area contributed by atoms with E-state index in [0.29, 0.717) is 6.04 Å². The predicted octanol–water partition coefficient (Wildman–Crippen LogP) is 2.58. The number of carbonyl (C=O) groups is 1. The Kier molecular flexibility index (Phi) is 5.42. The summed E-state index contributed by atoms with van der Waals surface area (Å²) in [6.45, 7) is 3.93. The quantitative estimate of drug-likeness (QED) is 0.668. The van der Waals surface area contributed by atoms with Gasteiger partial charge in [0.05, 0.1) is 6.54 Å². The van der Waals surface area contributed by atoms with Gasteiger partial charge >= 0.3 is 6.03 Å². The molecule has 1 aliphatic carbocycles. The van der Waals surface area contributed by atoms with Crippen molar-refractivity contribution in [1.82, 2.24) is 10.6 Å². The first-order valence-electron chi connectivity index (χ1n) is 5.71. The van der Waals surface area contributed by atoms with Crippen LogP contribution in [0.25, 0.3) is 0 Å². The molecule has 1 saturated carbocycles. The van der Waals surface area contributed by atoms with Gasteiger partial charge in [-0.05, 0) is 19.3 Å². The van der Waals surface area contributed by atoms with Gasteiger partial charge in [0, 0.05) is 6.04 Å². The summed E-state index contributed by atoms with van der Waals surface area (Å²) in [4.78, 5) is 11.3. The number of urea groups is 1. The molecule has 1 rings (SSSR count). The Hall–Kier alpha value is -0.730. The molecule has 0 spiro atoms. The Morgan fingerprint density at radius 2 is 2.07 bits per heavy atom. The van der Waals surface area contributed by atoms with E-state index in [-0.39, 0.29) is 6.03 Å². The van der Waals surface area contributed by atoms with Crippen LogP contribution >= 0.6 is 0 Å². The molecule has 3 heteroatoms. The third kappa shape index (κ3) is 4.49. The summed E-state index contributed by atoms with van der Waals surface area (Å²) >= 11 is 0. The fourth-order valence-corrected chi connectivity index (χ4v) is 1.78. The molecule has 0 aromatic heterocycles. The number of rotatable bonds is 4. The van der Waals surface area contributed by atoms with E-state index in [0.717, 1.165) is 25.7 Å². The van der Waals surface area contributed by atoms with Gasteiger partial charge in [0.2, 0.25) is 0 Å². The Bertz CT molecular complexity index is 165. The van der Waals surface area contributed by atoms with Crippen molar-refractivity contribution in [2.75, 3.05) is 0 Å². The van der Waals surface area contributed by atoms with Gasteiger partial charge in [-0.2, -0.15) is 0 Å². The van der Waals surface area contributed by atoms with E-state index < -0.39 is 0 Å². The zero-order valence-corrected chi connectivity index (χ0v) is 9.01. The average Bonchev–Trinajstić information content (AvgIpc) is 2.20. The normalized spacial score (nSPS) is 17.8. The van der Waals surface area contributed by atoms with E-state index in [9.17, 15) is 4.79 Å². The molecular formula is C11H21N2O. The van der Waals surface area contributed by atoms with Gasteiger partial charge in [0.25, 0.3) is 0 Å². The van der Waals surface area contributed by atoms with E-state index in [4.69, 9.17) is 0 Å². The van der Waals surface area contributed by atoms with Gasteiger partial charge in [0.15, 0.2) is 0 Å². The smallest absolute Gasteiger partial charge is 0.315 e. The van der Waals surface area contributed by atoms with Crippen LogP contribution in [0.5, 0.6) is 0 Å². The minimum Gasteiger partial charge on any atom is -0.335 e. The topological polar surface area (TPSA) is 41.1 Å². The Labute approximate surface area is 86.6 Å². The highest BCUT2D eigenvalue weighted by Crippen LogP contribution is 2.17. The first kappa shape index (κ1) is 11.3. The fraction of sp³-hybridized carbons (Fsp3) is 0.818. The molecule has 1 aliphatic rings. The van der Waals surface area contributed by atoms with Gasteiger partial charge in [-0.15, -0.1) is 0 Å². The van der Waals surface area contributed by atoms with Gasteiger partial charge < -0.3 is 10.6 Å². The molecule has 0 aromatic rings. The SMILES string of the molecule is CCC[CH]NC(=O)NC1CCCCC1. The van der Waals surface area contributed by atoms with Gasteiger partial charge in [-0.25, -0.2) is 4.79 Å². The third-order valence-corrected chi connectivity index (χ3v) is 2.61. The maximum atomic E-state index is 11.3. The first-order chi connectivity index (χ1) is 6.83. The molecule has 81 valence electrons. The van der Waals surface area contributed by atoms with Crippen molar-refractivity contribution in [1.29, 1.82) is 0 Å². The van der Waals surface area contributed by atoms with Crippen molar-refractivity contribution in [3.63, 3.8) is 0 Å². The fourth-order valence-electron chi connectivity index (χ4n) is 1.78. The zero-order valence-electron chi connectivity index (χ0n) is 9.01. The maximum absolute atomic E-state index is 11.3.